The average Bonchev–Trinajstić information content (AvgIpc) is 2.81. The van der Waals surface area contributed by atoms with Gasteiger partial charge in [-0.1, -0.05) is 19.8 Å². The molecule has 0 saturated carbocycles. The van der Waals surface area contributed by atoms with Crippen LogP contribution in [0.1, 0.15) is 36.6 Å². The molecule has 0 amide bonds. The van der Waals surface area contributed by atoms with Crippen LogP contribution in [-0.2, 0) is 13.0 Å². The third-order valence-corrected chi connectivity index (χ3v) is 4.47. The molecule has 1 aromatic rings. The molecule has 0 spiro atoms. The Labute approximate surface area is 109 Å². The minimum absolute atomic E-state index is 1.14. The van der Waals surface area contributed by atoms with Gasteiger partial charge in [-0.3, -0.25) is 4.90 Å². The highest BCUT2D eigenvalue weighted by molar-refractivity contribution is 7.10. The third kappa shape index (κ3) is 4.09. The molecular weight excluding hydrogens is 228 g/mol. The zero-order valence-electron chi connectivity index (χ0n) is 10.9. The molecule has 0 aliphatic carbocycles. The van der Waals surface area contributed by atoms with Crippen LogP contribution in [0.5, 0.6) is 0 Å². The van der Waals surface area contributed by atoms with Gasteiger partial charge in [0.15, 0.2) is 0 Å². The Morgan fingerprint density at radius 2 is 2.29 bits per heavy atom. The van der Waals surface area contributed by atoms with Crippen molar-refractivity contribution in [1.29, 1.82) is 0 Å². The molecule has 0 aromatic carbocycles. The molecule has 1 aliphatic rings. The van der Waals surface area contributed by atoms with E-state index in [4.69, 9.17) is 0 Å². The Morgan fingerprint density at radius 3 is 3.18 bits per heavy atom. The maximum absolute atomic E-state index is 3.55. The molecule has 1 aliphatic heterocycles. The lowest BCUT2D eigenvalue weighted by atomic mass is 10.1. The lowest BCUT2D eigenvalue weighted by molar-refractivity contribution is 0.256. The highest BCUT2D eigenvalue weighted by atomic mass is 32.1. The van der Waals surface area contributed by atoms with Crippen LogP contribution in [0, 0.1) is 0 Å². The van der Waals surface area contributed by atoms with E-state index < -0.39 is 0 Å². The van der Waals surface area contributed by atoms with Gasteiger partial charge in [0, 0.05) is 31.1 Å². The first-order chi connectivity index (χ1) is 8.40. The van der Waals surface area contributed by atoms with Crippen LogP contribution in [0.25, 0.3) is 0 Å². The summed E-state index contributed by atoms with van der Waals surface area (Å²) in [5.41, 5.74) is 1.56. The van der Waals surface area contributed by atoms with Crippen LogP contribution in [0.2, 0.25) is 0 Å². The van der Waals surface area contributed by atoms with Crippen LogP contribution in [0.15, 0.2) is 11.4 Å². The molecule has 96 valence electrons. The second-order valence-corrected chi connectivity index (χ2v) is 5.85. The summed E-state index contributed by atoms with van der Waals surface area (Å²) in [5, 5.41) is 5.78. The Kier molecular flexibility index (Phi) is 5.49. The molecule has 0 fully saturated rings. The van der Waals surface area contributed by atoms with Crippen LogP contribution < -0.4 is 5.32 Å². The van der Waals surface area contributed by atoms with E-state index in [9.17, 15) is 0 Å². The smallest absolute Gasteiger partial charge is 0.0245 e. The van der Waals surface area contributed by atoms with Crippen LogP contribution >= 0.6 is 11.3 Å². The van der Waals surface area contributed by atoms with Crippen molar-refractivity contribution < 1.29 is 0 Å². The van der Waals surface area contributed by atoms with Crippen molar-refractivity contribution in [3.05, 3.63) is 21.9 Å². The predicted octanol–water partition coefficient (Wildman–Crippen LogP) is 2.89. The largest absolute Gasteiger partial charge is 0.315 e. The molecule has 2 rings (SSSR count). The van der Waals surface area contributed by atoms with Gasteiger partial charge in [0.25, 0.3) is 0 Å². The fourth-order valence-corrected chi connectivity index (χ4v) is 3.25. The fourth-order valence-electron chi connectivity index (χ4n) is 2.36. The summed E-state index contributed by atoms with van der Waals surface area (Å²) in [6.45, 7) is 8.18. The number of unbranched alkanes of at least 4 members (excludes halogenated alkanes) is 2. The van der Waals surface area contributed by atoms with E-state index in [0.29, 0.717) is 0 Å². The van der Waals surface area contributed by atoms with Crippen molar-refractivity contribution in [3.8, 4) is 0 Å². The first kappa shape index (κ1) is 13.1. The third-order valence-electron chi connectivity index (χ3n) is 3.45. The predicted molar refractivity (Wildman–Crippen MR) is 75.7 cm³/mol. The minimum Gasteiger partial charge on any atom is -0.315 e. The first-order valence-electron chi connectivity index (χ1n) is 6.88. The van der Waals surface area contributed by atoms with Gasteiger partial charge in [0.05, 0.1) is 0 Å². The summed E-state index contributed by atoms with van der Waals surface area (Å²) < 4.78 is 0. The van der Waals surface area contributed by atoms with E-state index in [1.807, 2.05) is 11.3 Å². The summed E-state index contributed by atoms with van der Waals surface area (Å²) in [5.74, 6) is 0. The number of rotatable bonds is 7. The topological polar surface area (TPSA) is 15.3 Å². The van der Waals surface area contributed by atoms with E-state index >= 15 is 0 Å². The summed E-state index contributed by atoms with van der Waals surface area (Å²) in [4.78, 5) is 4.18. The van der Waals surface area contributed by atoms with Crippen molar-refractivity contribution in [2.75, 3.05) is 26.2 Å². The molecule has 0 atom stereocenters. The van der Waals surface area contributed by atoms with Crippen molar-refractivity contribution in [2.24, 2.45) is 0 Å². The van der Waals surface area contributed by atoms with Crippen molar-refractivity contribution in [2.45, 2.75) is 39.2 Å². The highest BCUT2D eigenvalue weighted by Crippen LogP contribution is 2.23. The van der Waals surface area contributed by atoms with Gasteiger partial charge >= 0.3 is 0 Å². The Morgan fingerprint density at radius 1 is 1.35 bits per heavy atom. The molecule has 0 saturated heterocycles. The number of thiophene rings is 1. The molecule has 0 unspecified atom stereocenters. The molecule has 3 heteroatoms. The van der Waals surface area contributed by atoms with E-state index in [2.05, 4.69) is 28.6 Å². The Balaban J connectivity index is 1.59. The lowest BCUT2D eigenvalue weighted by Crippen LogP contribution is -2.35. The van der Waals surface area contributed by atoms with E-state index in [-0.39, 0.29) is 0 Å². The van der Waals surface area contributed by atoms with Gasteiger partial charge < -0.3 is 5.32 Å². The van der Waals surface area contributed by atoms with Crippen LogP contribution in [-0.4, -0.2) is 31.1 Å². The van der Waals surface area contributed by atoms with Crippen molar-refractivity contribution >= 4 is 11.3 Å². The molecule has 2 nitrogen and oxygen atoms in total. The molecule has 2 heterocycles. The number of fused-ring (bicyclic) bond motifs is 1. The van der Waals surface area contributed by atoms with Crippen molar-refractivity contribution in [3.63, 3.8) is 0 Å². The van der Waals surface area contributed by atoms with Gasteiger partial charge in [-0.2, -0.15) is 0 Å². The molecule has 1 N–H and O–H groups in total. The second kappa shape index (κ2) is 7.14. The maximum Gasteiger partial charge on any atom is 0.0245 e. The van der Waals surface area contributed by atoms with Gasteiger partial charge in [-0.25, -0.2) is 0 Å². The SMILES string of the molecule is CCCCCNCCN1CCc2sccc2C1. The zero-order valence-corrected chi connectivity index (χ0v) is 11.7. The summed E-state index contributed by atoms with van der Waals surface area (Å²) in [7, 11) is 0. The standard InChI is InChI=1S/C14H24N2S/c1-2-3-4-7-15-8-10-16-9-5-14-13(12-16)6-11-17-14/h6,11,15H,2-5,7-10,12H2,1H3. The molecule has 17 heavy (non-hydrogen) atoms. The number of hydrogen-bond donors (Lipinski definition) is 1. The summed E-state index contributed by atoms with van der Waals surface area (Å²) in [6, 6.07) is 2.29. The van der Waals surface area contributed by atoms with Crippen LogP contribution in [0.3, 0.4) is 0 Å². The number of hydrogen-bond acceptors (Lipinski definition) is 3. The van der Waals surface area contributed by atoms with Gasteiger partial charge in [-0.15, -0.1) is 11.3 Å². The second-order valence-electron chi connectivity index (χ2n) is 4.85. The monoisotopic (exact) mass is 252 g/mol. The first-order valence-corrected chi connectivity index (χ1v) is 7.76. The number of nitrogens with zero attached hydrogens (tertiary/aromatic N) is 1. The van der Waals surface area contributed by atoms with E-state index in [1.165, 1.54) is 45.3 Å². The van der Waals surface area contributed by atoms with E-state index in [1.54, 1.807) is 10.4 Å². The zero-order chi connectivity index (χ0) is 11.9. The Hall–Kier alpha value is -0.380. The minimum atomic E-state index is 1.14. The lowest BCUT2D eigenvalue weighted by Gasteiger charge is -2.26. The van der Waals surface area contributed by atoms with Gasteiger partial charge in [-0.05, 0) is 36.4 Å². The Bertz CT molecular complexity index is 322. The molecule has 1 aromatic heterocycles. The molecule has 0 bridgehead atoms. The summed E-state index contributed by atoms with van der Waals surface area (Å²) >= 11 is 1.92. The van der Waals surface area contributed by atoms with Crippen LogP contribution in [0.4, 0.5) is 0 Å². The molecule has 0 radical (unpaired) electrons. The van der Waals surface area contributed by atoms with Crippen molar-refractivity contribution in [1.82, 2.24) is 10.2 Å². The van der Waals surface area contributed by atoms with E-state index in [0.717, 1.165) is 13.1 Å². The normalized spacial score (nSPS) is 16.1. The molecular formula is C14H24N2S. The van der Waals surface area contributed by atoms with Gasteiger partial charge in [0.2, 0.25) is 0 Å². The average molecular weight is 252 g/mol. The number of nitrogens with one attached hydrogen (secondary N) is 1. The quantitative estimate of drug-likeness (QED) is 0.751. The maximum atomic E-state index is 3.55. The highest BCUT2D eigenvalue weighted by Gasteiger charge is 2.16. The van der Waals surface area contributed by atoms with Gasteiger partial charge in [0.1, 0.15) is 0 Å². The summed E-state index contributed by atoms with van der Waals surface area (Å²) in [6.07, 6.45) is 5.25. The fraction of sp³-hybridized carbons (Fsp3) is 0.714.